The monoisotopic (exact) mass is 454 g/mol. The third kappa shape index (κ3) is 3.85. The van der Waals surface area contributed by atoms with E-state index in [2.05, 4.69) is 25.4 Å². The molecule has 0 bridgehead atoms. The Balaban J connectivity index is 1.09. The summed E-state index contributed by atoms with van der Waals surface area (Å²) in [5.41, 5.74) is 3.68. The zero-order valence-corrected chi connectivity index (χ0v) is 18.6. The minimum absolute atomic E-state index is 0.110. The van der Waals surface area contributed by atoms with Crippen molar-refractivity contribution in [2.24, 2.45) is 0 Å². The van der Waals surface area contributed by atoms with Gasteiger partial charge in [-0.1, -0.05) is 29.4 Å². The average Bonchev–Trinajstić information content (AvgIpc) is 3.50. The summed E-state index contributed by atoms with van der Waals surface area (Å²) in [4.78, 5) is 28.1. The number of hydrogen-bond donors (Lipinski definition) is 1. The average molecular weight is 454 g/mol. The van der Waals surface area contributed by atoms with Gasteiger partial charge in [0.15, 0.2) is 11.5 Å². The van der Waals surface area contributed by atoms with Crippen LogP contribution in [-0.4, -0.2) is 44.1 Å². The molecular formula is C25H22N6O3. The Kier molecular flexibility index (Phi) is 4.94. The molecule has 4 heterocycles. The SMILES string of the molecule is Cc1nc2ccc(NC(=O)N3CCC(c4nc(-c5ccc6ccccc6n5)no4)CC3)cc2o1. The molecule has 0 atom stereocenters. The molecule has 0 aliphatic carbocycles. The molecule has 3 aromatic heterocycles. The first-order valence-electron chi connectivity index (χ1n) is 11.3. The largest absolute Gasteiger partial charge is 0.441 e. The number of para-hydroxylation sites is 1. The quantitative estimate of drug-likeness (QED) is 0.401. The molecule has 1 N–H and O–H groups in total. The summed E-state index contributed by atoms with van der Waals surface area (Å²) in [7, 11) is 0. The number of nitrogens with zero attached hydrogens (tertiary/aromatic N) is 5. The summed E-state index contributed by atoms with van der Waals surface area (Å²) in [6.45, 7) is 3.01. The van der Waals surface area contributed by atoms with Gasteiger partial charge in [0.2, 0.25) is 11.7 Å². The van der Waals surface area contributed by atoms with Crippen molar-refractivity contribution in [3.05, 3.63) is 66.4 Å². The van der Waals surface area contributed by atoms with Gasteiger partial charge in [0.25, 0.3) is 0 Å². The van der Waals surface area contributed by atoms with Crippen molar-refractivity contribution < 1.29 is 13.7 Å². The van der Waals surface area contributed by atoms with Crippen LogP contribution in [0.1, 0.15) is 30.5 Å². The van der Waals surface area contributed by atoms with E-state index in [1.165, 1.54) is 0 Å². The van der Waals surface area contributed by atoms with Crippen LogP contribution in [0.2, 0.25) is 0 Å². The molecule has 170 valence electrons. The number of oxazole rings is 1. The lowest BCUT2D eigenvalue weighted by Gasteiger charge is -2.30. The third-order valence-corrected chi connectivity index (χ3v) is 6.15. The zero-order valence-electron chi connectivity index (χ0n) is 18.6. The van der Waals surface area contributed by atoms with Gasteiger partial charge in [-0.15, -0.1) is 0 Å². The maximum atomic E-state index is 12.8. The lowest BCUT2D eigenvalue weighted by Crippen LogP contribution is -2.40. The Hall–Kier alpha value is -4.27. The molecule has 0 radical (unpaired) electrons. The van der Waals surface area contributed by atoms with Crippen molar-refractivity contribution in [2.75, 3.05) is 18.4 Å². The van der Waals surface area contributed by atoms with E-state index in [4.69, 9.17) is 8.94 Å². The van der Waals surface area contributed by atoms with E-state index >= 15 is 0 Å². The number of anilines is 1. The fraction of sp³-hybridized carbons (Fsp3) is 0.240. The van der Waals surface area contributed by atoms with Crippen LogP contribution in [0.25, 0.3) is 33.5 Å². The highest BCUT2D eigenvalue weighted by atomic mass is 16.5. The van der Waals surface area contributed by atoms with Crippen LogP contribution in [0.3, 0.4) is 0 Å². The lowest BCUT2D eigenvalue weighted by atomic mass is 9.97. The van der Waals surface area contributed by atoms with E-state index < -0.39 is 0 Å². The molecule has 2 amide bonds. The highest BCUT2D eigenvalue weighted by Crippen LogP contribution is 2.29. The molecule has 34 heavy (non-hydrogen) atoms. The molecule has 1 aliphatic rings. The van der Waals surface area contributed by atoms with E-state index in [1.54, 1.807) is 17.9 Å². The van der Waals surface area contributed by atoms with Gasteiger partial charge in [-0.3, -0.25) is 0 Å². The minimum Gasteiger partial charge on any atom is -0.441 e. The number of carbonyl (C=O) groups is 1. The molecule has 1 aliphatic heterocycles. The number of piperidine rings is 1. The Morgan fingerprint density at radius 3 is 2.74 bits per heavy atom. The third-order valence-electron chi connectivity index (χ3n) is 6.15. The topological polar surface area (TPSA) is 110 Å². The second-order valence-corrected chi connectivity index (χ2v) is 8.45. The van der Waals surface area contributed by atoms with E-state index in [1.807, 2.05) is 48.5 Å². The smallest absolute Gasteiger partial charge is 0.321 e. The number of likely N-dealkylation sites (tertiary alicyclic amines) is 1. The van der Waals surface area contributed by atoms with E-state index in [0.717, 1.165) is 29.3 Å². The van der Waals surface area contributed by atoms with Crippen molar-refractivity contribution in [1.82, 2.24) is 25.0 Å². The summed E-state index contributed by atoms with van der Waals surface area (Å²) >= 11 is 0. The molecule has 5 aromatic rings. The number of benzene rings is 2. The van der Waals surface area contributed by atoms with Crippen molar-refractivity contribution in [1.29, 1.82) is 0 Å². The second kappa shape index (κ2) is 8.26. The number of rotatable bonds is 3. The Morgan fingerprint density at radius 2 is 1.85 bits per heavy atom. The first kappa shape index (κ1) is 20.3. The number of amides is 2. The predicted octanol–water partition coefficient (Wildman–Crippen LogP) is 5.15. The molecule has 0 unspecified atom stereocenters. The number of nitrogens with one attached hydrogen (secondary N) is 1. The van der Waals surface area contributed by atoms with Gasteiger partial charge in [-0.25, -0.2) is 14.8 Å². The van der Waals surface area contributed by atoms with Gasteiger partial charge < -0.3 is 19.2 Å². The fourth-order valence-corrected chi connectivity index (χ4v) is 4.35. The van der Waals surface area contributed by atoms with Gasteiger partial charge in [0.1, 0.15) is 11.2 Å². The van der Waals surface area contributed by atoms with Crippen LogP contribution in [0.5, 0.6) is 0 Å². The normalized spacial score (nSPS) is 14.7. The zero-order chi connectivity index (χ0) is 23.1. The molecule has 1 fully saturated rings. The lowest BCUT2D eigenvalue weighted by molar-refractivity contribution is 0.187. The van der Waals surface area contributed by atoms with Crippen LogP contribution in [0.15, 0.2) is 63.5 Å². The highest BCUT2D eigenvalue weighted by molar-refractivity contribution is 5.91. The second-order valence-electron chi connectivity index (χ2n) is 8.45. The molecule has 9 nitrogen and oxygen atoms in total. The van der Waals surface area contributed by atoms with E-state index in [0.29, 0.717) is 47.7 Å². The predicted molar refractivity (Wildman–Crippen MR) is 126 cm³/mol. The molecule has 0 spiro atoms. The van der Waals surface area contributed by atoms with Crippen LogP contribution in [0.4, 0.5) is 10.5 Å². The first-order chi connectivity index (χ1) is 16.6. The van der Waals surface area contributed by atoms with Crippen molar-refractivity contribution in [3.8, 4) is 11.5 Å². The summed E-state index contributed by atoms with van der Waals surface area (Å²) in [5.74, 6) is 1.79. The number of fused-ring (bicyclic) bond motifs is 2. The van der Waals surface area contributed by atoms with Gasteiger partial charge in [0, 0.05) is 43.1 Å². The summed E-state index contributed by atoms with van der Waals surface area (Å²) in [5, 5.41) is 8.16. The van der Waals surface area contributed by atoms with Crippen molar-refractivity contribution in [2.45, 2.75) is 25.7 Å². The maximum absolute atomic E-state index is 12.8. The number of aryl methyl sites for hydroxylation is 1. The first-order valence-corrected chi connectivity index (χ1v) is 11.3. The van der Waals surface area contributed by atoms with Gasteiger partial charge >= 0.3 is 6.03 Å². The van der Waals surface area contributed by atoms with Crippen molar-refractivity contribution in [3.63, 3.8) is 0 Å². The van der Waals surface area contributed by atoms with Crippen molar-refractivity contribution >= 4 is 33.7 Å². The van der Waals surface area contributed by atoms with Crippen LogP contribution in [0, 0.1) is 6.92 Å². The van der Waals surface area contributed by atoms with Crippen LogP contribution >= 0.6 is 0 Å². The Bertz CT molecular complexity index is 1500. The number of carbonyl (C=O) groups excluding carboxylic acids is 1. The number of urea groups is 1. The van der Waals surface area contributed by atoms with Gasteiger partial charge in [0.05, 0.1) is 5.52 Å². The molecule has 6 rings (SSSR count). The van der Waals surface area contributed by atoms with Crippen LogP contribution < -0.4 is 5.32 Å². The minimum atomic E-state index is -0.138. The summed E-state index contributed by atoms with van der Waals surface area (Å²) in [6.07, 6.45) is 1.50. The standard InChI is InChI=1S/C25H22N6O3/c1-15-26-20-9-7-18(14-22(20)33-15)27-25(32)31-12-10-17(11-13-31)24-29-23(30-34-24)21-8-6-16-4-2-3-5-19(16)28-21/h2-9,14,17H,10-13H2,1H3,(H,27,32). The van der Waals surface area contributed by atoms with E-state index in [9.17, 15) is 4.79 Å². The summed E-state index contributed by atoms with van der Waals surface area (Å²) in [6, 6.07) is 17.2. The molecule has 1 saturated heterocycles. The molecule has 2 aromatic carbocycles. The van der Waals surface area contributed by atoms with E-state index in [-0.39, 0.29) is 11.9 Å². The fourth-order valence-electron chi connectivity index (χ4n) is 4.35. The maximum Gasteiger partial charge on any atom is 0.321 e. The Labute approximate surface area is 194 Å². The molecular weight excluding hydrogens is 432 g/mol. The number of aromatic nitrogens is 4. The van der Waals surface area contributed by atoms with Gasteiger partial charge in [-0.05, 0) is 37.1 Å². The molecule has 0 saturated carbocycles. The highest BCUT2D eigenvalue weighted by Gasteiger charge is 2.28. The molecule has 9 heteroatoms. The Morgan fingerprint density at radius 1 is 1.00 bits per heavy atom. The number of hydrogen-bond acceptors (Lipinski definition) is 7. The van der Waals surface area contributed by atoms with Crippen LogP contribution in [-0.2, 0) is 0 Å². The van der Waals surface area contributed by atoms with Gasteiger partial charge in [-0.2, -0.15) is 4.98 Å². The number of pyridine rings is 1. The summed E-state index contributed by atoms with van der Waals surface area (Å²) < 4.78 is 11.1.